The molecule has 8 heavy (non-hydrogen) atoms. The fraction of sp³-hybridized carbons (Fsp3) is 0. The molecule has 0 fully saturated rings. The molecule has 0 radical (unpaired) electrons. The molecule has 0 aromatic carbocycles. The van der Waals surface area contributed by atoms with E-state index in [9.17, 15) is 8.42 Å². The summed E-state index contributed by atoms with van der Waals surface area (Å²) >= 11 is 0. The Hall–Kier alpha value is 2.92. The second-order valence-corrected chi connectivity index (χ2v) is 2.04. The van der Waals surface area contributed by atoms with Crippen LogP contribution in [0, 0.1) is 0 Å². The van der Waals surface area contributed by atoms with Crippen molar-refractivity contribution in [3.05, 3.63) is 12.0 Å². The van der Waals surface area contributed by atoms with Gasteiger partial charge in [0.2, 0.25) is 0 Å². The van der Waals surface area contributed by atoms with Crippen LogP contribution in [0.1, 0.15) is 0 Å². The zero-order chi connectivity index (χ0) is 5.21. The van der Waals surface area contributed by atoms with Crippen LogP contribution < -0.4 is 0 Å². The maximum atomic E-state index is 9.44. The average molecular weight is 188 g/mol. The third-order valence-electron chi connectivity index (χ3n) is 0.211. The van der Waals surface area contributed by atoms with Gasteiger partial charge in [-0.1, -0.05) is 6.58 Å². The Bertz CT molecular complexity index is 126. The van der Waals surface area contributed by atoms with Crippen molar-refractivity contribution in [2.24, 2.45) is 0 Å². The number of rotatable bonds is 1. The molecule has 40 valence electrons. The van der Waals surface area contributed by atoms with Gasteiger partial charge >= 0.3 is 103 Å². The van der Waals surface area contributed by atoms with Crippen molar-refractivity contribution in [3.8, 4) is 0 Å². The first-order chi connectivity index (χ1) is 2.56. The first kappa shape index (κ1) is 17.1. The third-order valence-corrected chi connectivity index (χ3v) is 0.632. The van der Waals surface area contributed by atoms with Crippen LogP contribution in [0.4, 0.5) is 0 Å². The van der Waals surface area contributed by atoms with Crippen LogP contribution in [0.2, 0.25) is 0 Å². The summed E-state index contributed by atoms with van der Waals surface area (Å²) in [7, 11) is -3.90. The molecule has 0 aliphatic carbocycles. The van der Waals surface area contributed by atoms with Crippen LogP contribution >= 0.6 is 0 Å². The standard InChI is InChI=1S/C2H4O3S.2K.2H/c1-2-6(3,4)5;;;;/h2H,1H2,(H,3,4,5);;;;. The van der Waals surface area contributed by atoms with E-state index < -0.39 is 10.1 Å². The first-order valence-electron chi connectivity index (χ1n) is 1.16. The van der Waals surface area contributed by atoms with Crippen LogP contribution in [0.15, 0.2) is 12.0 Å². The van der Waals surface area contributed by atoms with Gasteiger partial charge < -0.3 is 0 Å². The summed E-state index contributed by atoms with van der Waals surface area (Å²) in [6, 6.07) is 0. The molecule has 0 aromatic rings. The summed E-state index contributed by atoms with van der Waals surface area (Å²) in [6.45, 7) is 2.79. The number of hydrogen-bond donors (Lipinski definition) is 1. The van der Waals surface area contributed by atoms with Gasteiger partial charge in [0.1, 0.15) is 0 Å². The zero-order valence-electron chi connectivity index (χ0n) is 2.96. The summed E-state index contributed by atoms with van der Waals surface area (Å²) in [5.41, 5.74) is 0. The Labute approximate surface area is 134 Å². The van der Waals surface area contributed by atoms with Gasteiger partial charge in [-0.3, -0.25) is 4.55 Å². The van der Waals surface area contributed by atoms with E-state index in [0.717, 1.165) is 0 Å². The Morgan fingerprint density at radius 3 is 1.50 bits per heavy atom. The summed E-state index contributed by atoms with van der Waals surface area (Å²) in [4.78, 5) is 0. The maximum absolute atomic E-state index is 9.44. The minimum atomic E-state index is -3.90. The monoisotopic (exact) mass is 188 g/mol. The summed E-state index contributed by atoms with van der Waals surface area (Å²) < 4.78 is 26.6. The van der Waals surface area contributed by atoms with Gasteiger partial charge in [0.15, 0.2) is 0 Å². The molecule has 0 saturated heterocycles. The van der Waals surface area contributed by atoms with Crippen molar-refractivity contribution in [1.29, 1.82) is 0 Å². The van der Waals surface area contributed by atoms with E-state index in [0.29, 0.717) is 5.41 Å². The van der Waals surface area contributed by atoms with Gasteiger partial charge in [-0.25, -0.2) is 0 Å². The zero-order valence-corrected chi connectivity index (χ0v) is 3.77. The van der Waals surface area contributed by atoms with E-state index in [1.165, 1.54) is 0 Å². The molecule has 3 nitrogen and oxygen atoms in total. The molecule has 0 aliphatic heterocycles. The van der Waals surface area contributed by atoms with Crippen LogP contribution in [-0.4, -0.2) is 116 Å². The fourth-order valence-corrected chi connectivity index (χ4v) is 0. The van der Waals surface area contributed by atoms with E-state index in [1.807, 2.05) is 0 Å². The molecule has 0 unspecified atom stereocenters. The molecule has 0 aromatic heterocycles. The Kier molecular flexibility index (Phi) is 17.2. The van der Waals surface area contributed by atoms with Gasteiger partial charge in [0.25, 0.3) is 10.1 Å². The van der Waals surface area contributed by atoms with E-state index in [1.54, 1.807) is 0 Å². The molecule has 0 aliphatic rings. The van der Waals surface area contributed by atoms with Crippen LogP contribution in [0.3, 0.4) is 0 Å². The topological polar surface area (TPSA) is 54.4 Å². The third kappa shape index (κ3) is 16.0. The van der Waals surface area contributed by atoms with Crippen LogP contribution in [0.5, 0.6) is 0 Å². The van der Waals surface area contributed by atoms with Crippen molar-refractivity contribution in [3.63, 3.8) is 0 Å². The van der Waals surface area contributed by atoms with Gasteiger partial charge in [-0.2, -0.15) is 8.42 Å². The second-order valence-electron chi connectivity index (χ2n) is 0.682. The van der Waals surface area contributed by atoms with Gasteiger partial charge in [-0.05, 0) is 0 Å². The van der Waals surface area contributed by atoms with Crippen LogP contribution in [0.25, 0.3) is 0 Å². The molecule has 0 amide bonds. The molecule has 0 heterocycles. The summed E-state index contributed by atoms with van der Waals surface area (Å²) in [6.07, 6.45) is 0. The van der Waals surface area contributed by atoms with Crippen molar-refractivity contribution in [2.45, 2.75) is 0 Å². The van der Waals surface area contributed by atoms with Crippen molar-refractivity contribution < 1.29 is 13.0 Å². The molecular weight excluding hydrogens is 182 g/mol. The van der Waals surface area contributed by atoms with E-state index in [2.05, 4.69) is 6.58 Å². The predicted molar refractivity (Wildman–Crippen MR) is 36.0 cm³/mol. The summed E-state index contributed by atoms with van der Waals surface area (Å²) in [5.74, 6) is 0. The van der Waals surface area contributed by atoms with Gasteiger partial charge in [-0.15, -0.1) is 0 Å². The molecule has 0 bridgehead atoms. The minimum absolute atomic E-state index is 0. The molecule has 0 atom stereocenters. The molecule has 0 saturated carbocycles. The van der Waals surface area contributed by atoms with Crippen molar-refractivity contribution in [2.75, 3.05) is 0 Å². The average Bonchev–Trinajstić information content (AvgIpc) is 1.35. The number of hydrogen-bond acceptors (Lipinski definition) is 2. The Morgan fingerprint density at radius 2 is 1.50 bits per heavy atom. The quantitative estimate of drug-likeness (QED) is 0.412. The second kappa shape index (κ2) is 8.02. The SMILES string of the molecule is C=CS(=O)(=O)O.[KH].[KH]. The van der Waals surface area contributed by atoms with Crippen molar-refractivity contribution >= 4 is 113 Å². The van der Waals surface area contributed by atoms with E-state index in [-0.39, 0.29) is 103 Å². The molecule has 0 spiro atoms. The Balaban J connectivity index is -0.000000125. The molecule has 0 rings (SSSR count). The first-order valence-corrected chi connectivity index (χ1v) is 2.66. The van der Waals surface area contributed by atoms with E-state index in [4.69, 9.17) is 4.55 Å². The molecule has 6 heteroatoms. The van der Waals surface area contributed by atoms with Gasteiger partial charge in [0.05, 0.1) is 5.41 Å². The summed E-state index contributed by atoms with van der Waals surface area (Å²) in [5, 5.41) is 0.465. The fourth-order valence-electron chi connectivity index (χ4n) is 0. The Morgan fingerprint density at radius 1 is 1.38 bits per heavy atom. The van der Waals surface area contributed by atoms with E-state index >= 15 is 0 Å². The predicted octanol–water partition coefficient (Wildman–Crippen LogP) is -1.28. The van der Waals surface area contributed by atoms with Crippen molar-refractivity contribution in [1.82, 2.24) is 0 Å². The molecule has 1 N–H and O–H groups in total. The van der Waals surface area contributed by atoms with Gasteiger partial charge in [0, 0.05) is 0 Å². The normalized spacial score (nSPS) is 8.12. The van der Waals surface area contributed by atoms with Crippen LogP contribution in [-0.2, 0) is 10.1 Å². The molecular formula is C2H6K2O3S.